The van der Waals surface area contributed by atoms with Crippen LogP contribution < -0.4 is 21.4 Å². The number of amides is 1. The first-order valence-electron chi connectivity index (χ1n) is 19.4. The second kappa shape index (κ2) is 14.5. The summed E-state index contributed by atoms with van der Waals surface area (Å²) in [6, 6.07) is 6.10. The lowest BCUT2D eigenvalue weighted by Gasteiger charge is -2.53. The van der Waals surface area contributed by atoms with Crippen molar-refractivity contribution in [3.8, 4) is 5.75 Å². The molecule has 6 aliphatic rings. The molecule has 4 unspecified atom stereocenters. The minimum atomic E-state index is -1.14. The number of hydrogen-bond acceptors (Lipinski definition) is 11. The molecule has 12 heteroatoms. The average molecular weight is 774 g/mol. The predicted octanol–water partition coefficient (Wildman–Crippen LogP) is 6.35. The van der Waals surface area contributed by atoms with E-state index in [-0.39, 0.29) is 30.6 Å². The van der Waals surface area contributed by atoms with Crippen LogP contribution in [0.4, 0.5) is 0 Å². The van der Waals surface area contributed by atoms with Crippen molar-refractivity contribution in [3.63, 3.8) is 0 Å². The van der Waals surface area contributed by atoms with E-state index in [0.717, 1.165) is 84.2 Å². The van der Waals surface area contributed by atoms with Crippen molar-refractivity contribution < 1.29 is 28.6 Å². The number of nitrogens with one attached hydrogen (secondary N) is 1. The van der Waals surface area contributed by atoms with Crippen LogP contribution in [-0.2, 0) is 26.2 Å². The Hall–Kier alpha value is -3.61. The molecule has 1 aromatic carbocycles. The number of carbonyl (C=O) groups excluding carboxylic acids is 2. The Labute approximate surface area is 324 Å². The van der Waals surface area contributed by atoms with Gasteiger partial charge in [0.1, 0.15) is 11.3 Å². The minimum Gasteiger partial charge on any atom is -0.481 e. The third-order valence-electron chi connectivity index (χ3n) is 13.1. The van der Waals surface area contributed by atoms with Gasteiger partial charge in [0.05, 0.1) is 18.2 Å². The summed E-state index contributed by atoms with van der Waals surface area (Å²) < 4.78 is 20.0. The molecule has 0 bridgehead atoms. The van der Waals surface area contributed by atoms with Gasteiger partial charge < -0.3 is 34.9 Å². The maximum Gasteiger partial charge on any atom is 0.340 e. The molecule has 2 aliphatic carbocycles. The zero-order valence-electron chi connectivity index (χ0n) is 31.5. The number of ether oxygens (including phenoxy) is 2. The van der Waals surface area contributed by atoms with Crippen molar-refractivity contribution in [2.45, 2.75) is 108 Å². The molecule has 0 radical (unpaired) electrons. The van der Waals surface area contributed by atoms with E-state index in [9.17, 15) is 19.5 Å². The molecule has 4 aliphatic heterocycles. The second-order valence-electron chi connectivity index (χ2n) is 16.2. The van der Waals surface area contributed by atoms with Gasteiger partial charge >= 0.3 is 11.6 Å². The van der Waals surface area contributed by atoms with Crippen molar-refractivity contribution in [3.05, 3.63) is 86.1 Å². The summed E-state index contributed by atoms with van der Waals surface area (Å²) >= 11 is 0. The first-order valence-corrected chi connectivity index (χ1v) is 21.9. The number of nitrogens with zero attached hydrogens (tertiary/aromatic N) is 1. The molecule has 1 saturated heterocycles. The summed E-state index contributed by atoms with van der Waals surface area (Å²) in [7, 11) is 3.58. The molecule has 1 saturated carbocycles. The largest absolute Gasteiger partial charge is 0.481 e. The summed E-state index contributed by atoms with van der Waals surface area (Å²) in [6.07, 6.45) is 13.4. The van der Waals surface area contributed by atoms with Gasteiger partial charge in [-0.3, -0.25) is 4.79 Å². The van der Waals surface area contributed by atoms with Gasteiger partial charge in [-0.25, -0.2) is 9.59 Å². The Morgan fingerprint density at radius 1 is 1.19 bits per heavy atom. The monoisotopic (exact) mass is 773 g/mol. The fourth-order valence-corrected chi connectivity index (χ4v) is 12.3. The highest BCUT2D eigenvalue weighted by molar-refractivity contribution is 8.76. The quantitative estimate of drug-likeness (QED) is 0.103. The maximum atomic E-state index is 13.9. The number of rotatable bonds is 5. The Balaban J connectivity index is 1.29. The molecular formula is C42H51N3O7S2. The molecule has 5 heterocycles. The van der Waals surface area contributed by atoms with Crippen molar-refractivity contribution in [1.29, 1.82) is 0 Å². The lowest BCUT2D eigenvalue weighted by atomic mass is 9.61. The summed E-state index contributed by atoms with van der Waals surface area (Å²) in [5.41, 5.74) is 9.00. The fourth-order valence-electron chi connectivity index (χ4n) is 9.76. The number of allylic oxidation sites excluding steroid dienone is 2. The van der Waals surface area contributed by atoms with E-state index >= 15 is 0 Å². The van der Waals surface area contributed by atoms with Crippen LogP contribution >= 0.6 is 21.6 Å². The molecule has 1 aromatic heterocycles. The van der Waals surface area contributed by atoms with Crippen LogP contribution in [-0.4, -0.2) is 70.3 Å². The maximum absolute atomic E-state index is 13.9. The van der Waals surface area contributed by atoms with E-state index in [0.29, 0.717) is 54.1 Å². The van der Waals surface area contributed by atoms with Crippen molar-refractivity contribution in [2.75, 3.05) is 31.2 Å². The number of aliphatic hydroxyl groups is 1. The number of dihydropyridines is 1. The molecule has 8 rings (SSSR count). The summed E-state index contributed by atoms with van der Waals surface area (Å²) in [5.74, 6) is 1.97. The first-order chi connectivity index (χ1) is 26.0. The zero-order valence-corrected chi connectivity index (χ0v) is 33.1. The number of benzene rings is 1. The molecule has 288 valence electrons. The minimum absolute atomic E-state index is 0.00653. The standard InChI is InChI=1S/C42H51N3O7S2/c1-4-25(2)38(48)52-40(3)12-8-26-23-53-54-24-30-9-14-45(30)36(47)18-29-22-44-35(43)19-31(29)37(26)42(40)21-28-16-27-17-32(39(49)50-33(27)20-34(28)51-42)41(13-15-46)10-6-5-7-11-41/h4,8,16-17,19-20,30,37,44,46H,5-7,9-15,18,21-24,43H2,1-3H3. The van der Waals surface area contributed by atoms with Crippen molar-refractivity contribution >= 4 is 44.4 Å². The molecule has 1 spiro atoms. The van der Waals surface area contributed by atoms with E-state index in [2.05, 4.69) is 17.5 Å². The molecule has 10 nitrogen and oxygen atoms in total. The SMILES string of the molecule is CC=C(C)C(=O)OC1(C)CC=C2CSSCC3CCN3C(=O)CC3=C(C=C(N)NC3)C2C12Cc1cc3cc(C4(CCO)CCCCC4)c(=O)oc3cc1O2. The van der Waals surface area contributed by atoms with E-state index in [1.807, 2.05) is 37.0 Å². The van der Waals surface area contributed by atoms with Crippen LogP contribution in [0.15, 0.2) is 73.8 Å². The van der Waals surface area contributed by atoms with E-state index in [1.54, 1.807) is 34.6 Å². The van der Waals surface area contributed by atoms with Gasteiger partial charge in [0.15, 0.2) is 11.2 Å². The van der Waals surface area contributed by atoms with Gasteiger partial charge in [-0.1, -0.05) is 58.6 Å². The Morgan fingerprint density at radius 3 is 2.74 bits per heavy atom. The fraction of sp³-hybridized carbons (Fsp3) is 0.548. The number of aliphatic hydroxyl groups excluding tert-OH is 1. The van der Waals surface area contributed by atoms with Crippen LogP contribution in [0.1, 0.15) is 89.7 Å². The highest BCUT2D eigenvalue weighted by atomic mass is 33.1. The Bertz CT molecular complexity index is 2060. The Morgan fingerprint density at radius 2 is 2.00 bits per heavy atom. The number of esters is 1. The van der Waals surface area contributed by atoms with Gasteiger partial charge in [-0.05, 0) is 81.4 Å². The average Bonchev–Trinajstić information content (AvgIpc) is 3.51. The van der Waals surface area contributed by atoms with Crippen LogP contribution in [0.25, 0.3) is 11.0 Å². The van der Waals surface area contributed by atoms with E-state index < -0.39 is 28.5 Å². The van der Waals surface area contributed by atoms with Gasteiger partial charge in [0.2, 0.25) is 5.91 Å². The molecule has 1 amide bonds. The van der Waals surface area contributed by atoms with Crippen LogP contribution in [0.3, 0.4) is 0 Å². The van der Waals surface area contributed by atoms with Gasteiger partial charge in [-0.2, -0.15) is 0 Å². The lowest BCUT2D eigenvalue weighted by Crippen LogP contribution is -2.65. The molecule has 2 aromatic rings. The van der Waals surface area contributed by atoms with E-state index in [1.165, 1.54) is 0 Å². The number of fused-ring (bicyclic) bond motifs is 6. The van der Waals surface area contributed by atoms with E-state index in [4.69, 9.17) is 19.6 Å². The van der Waals surface area contributed by atoms with Crippen LogP contribution in [0, 0.1) is 5.92 Å². The lowest BCUT2D eigenvalue weighted by molar-refractivity contribution is -0.186. The predicted molar refractivity (Wildman–Crippen MR) is 213 cm³/mol. The third kappa shape index (κ3) is 6.30. The van der Waals surface area contributed by atoms with Crippen molar-refractivity contribution in [1.82, 2.24) is 10.2 Å². The normalized spacial score (nSPS) is 29.6. The Kier molecular flexibility index (Phi) is 10.0. The van der Waals surface area contributed by atoms with Gasteiger partial charge in [0.25, 0.3) is 0 Å². The first kappa shape index (κ1) is 37.3. The van der Waals surface area contributed by atoms with Crippen molar-refractivity contribution in [2.24, 2.45) is 11.7 Å². The van der Waals surface area contributed by atoms with Crippen LogP contribution in [0.2, 0.25) is 0 Å². The molecule has 54 heavy (non-hydrogen) atoms. The topological polar surface area (TPSA) is 144 Å². The zero-order chi connectivity index (χ0) is 37.8. The highest BCUT2D eigenvalue weighted by Gasteiger charge is 2.64. The number of nitrogens with two attached hydrogens (primary N) is 1. The third-order valence-corrected chi connectivity index (χ3v) is 15.5. The van der Waals surface area contributed by atoms with Gasteiger partial charge in [0, 0.05) is 78.1 Å². The molecular weight excluding hydrogens is 723 g/mol. The van der Waals surface area contributed by atoms with Crippen LogP contribution in [0.5, 0.6) is 5.75 Å². The number of hydrogen-bond donors (Lipinski definition) is 3. The summed E-state index contributed by atoms with van der Waals surface area (Å²) in [5, 5.41) is 14.2. The highest BCUT2D eigenvalue weighted by Crippen LogP contribution is 2.57. The smallest absolute Gasteiger partial charge is 0.340 e. The molecule has 4 atom stereocenters. The van der Waals surface area contributed by atoms with Gasteiger partial charge in [-0.15, -0.1) is 0 Å². The second-order valence-corrected chi connectivity index (χ2v) is 18.7. The summed E-state index contributed by atoms with van der Waals surface area (Å²) in [6.45, 7) is 6.75. The molecule has 2 fully saturated rings. The molecule has 4 N–H and O–H groups in total. The summed E-state index contributed by atoms with van der Waals surface area (Å²) in [4.78, 5) is 43.3. The number of carbonyl (C=O) groups is 2.